The molecule has 9 heteroatoms. The van der Waals surface area contributed by atoms with Crippen LogP contribution in [-0.2, 0) is 6.18 Å². The van der Waals surface area contributed by atoms with Crippen LogP contribution < -0.4 is 10.6 Å². The van der Waals surface area contributed by atoms with Gasteiger partial charge in [-0.05, 0) is 44.5 Å². The van der Waals surface area contributed by atoms with Crippen molar-refractivity contribution in [1.29, 1.82) is 0 Å². The van der Waals surface area contributed by atoms with Crippen molar-refractivity contribution >= 4 is 5.95 Å². The van der Waals surface area contributed by atoms with Gasteiger partial charge in [0.05, 0.1) is 11.3 Å². The smallest absolute Gasteiger partial charge is 0.416 e. The molecule has 0 saturated carbocycles. The first kappa shape index (κ1) is 17.4. The summed E-state index contributed by atoms with van der Waals surface area (Å²) in [6, 6.07) is 3.11. The quantitative estimate of drug-likeness (QED) is 0.784. The van der Waals surface area contributed by atoms with Crippen molar-refractivity contribution < 1.29 is 18.3 Å². The highest BCUT2D eigenvalue weighted by Crippen LogP contribution is 2.36. The lowest BCUT2D eigenvalue weighted by Crippen LogP contribution is -2.29. The first-order chi connectivity index (χ1) is 11.8. The average molecular weight is 353 g/mol. The van der Waals surface area contributed by atoms with E-state index in [0.717, 1.165) is 25.5 Å². The van der Waals surface area contributed by atoms with Crippen molar-refractivity contribution in [2.24, 2.45) is 0 Å². The lowest BCUT2D eigenvalue weighted by Gasteiger charge is -2.13. The normalized spacial score (nSPS) is 17.7. The topological polar surface area (TPSA) is 83.0 Å². The van der Waals surface area contributed by atoms with Gasteiger partial charge in [-0.1, -0.05) is 0 Å². The first-order valence-corrected chi connectivity index (χ1v) is 7.94. The van der Waals surface area contributed by atoms with Crippen LogP contribution in [0.25, 0.3) is 11.3 Å². The number of aromatic nitrogens is 3. The van der Waals surface area contributed by atoms with Gasteiger partial charge in [0.1, 0.15) is 11.4 Å². The zero-order valence-corrected chi connectivity index (χ0v) is 13.6. The summed E-state index contributed by atoms with van der Waals surface area (Å²) in [4.78, 5) is 4.28. The highest BCUT2D eigenvalue weighted by Gasteiger charge is 2.31. The molecule has 0 amide bonds. The number of nitrogens with zero attached hydrogens (tertiary/aromatic N) is 3. The Morgan fingerprint density at radius 2 is 2.12 bits per heavy atom. The second kappa shape index (κ2) is 6.83. The van der Waals surface area contributed by atoms with Gasteiger partial charge in [0.2, 0.25) is 5.95 Å². The number of phenolic OH excluding ortho intramolecular Hbond substituents is 1. The van der Waals surface area contributed by atoms with Gasteiger partial charge in [-0.15, -0.1) is 10.2 Å². The van der Waals surface area contributed by atoms with Gasteiger partial charge < -0.3 is 15.7 Å². The zero-order chi connectivity index (χ0) is 18.0. The van der Waals surface area contributed by atoms with E-state index in [1.807, 2.05) is 0 Å². The summed E-state index contributed by atoms with van der Waals surface area (Å²) in [5.74, 6) is -0.161. The van der Waals surface area contributed by atoms with E-state index in [9.17, 15) is 18.3 Å². The molecule has 25 heavy (non-hydrogen) atoms. The molecule has 2 aromatic rings. The van der Waals surface area contributed by atoms with Crippen LogP contribution in [0, 0.1) is 6.92 Å². The highest BCUT2D eigenvalue weighted by molar-refractivity contribution is 5.69. The third kappa shape index (κ3) is 3.98. The third-order valence-electron chi connectivity index (χ3n) is 4.11. The third-order valence-corrected chi connectivity index (χ3v) is 4.11. The predicted molar refractivity (Wildman–Crippen MR) is 86.2 cm³/mol. The van der Waals surface area contributed by atoms with Crippen LogP contribution in [0.4, 0.5) is 19.1 Å². The number of nitrogens with one attached hydrogen (secondary N) is 2. The van der Waals surface area contributed by atoms with Crippen molar-refractivity contribution in [3.63, 3.8) is 0 Å². The Labute approximate surface area is 142 Å². The van der Waals surface area contributed by atoms with E-state index in [2.05, 4.69) is 25.8 Å². The van der Waals surface area contributed by atoms with E-state index in [4.69, 9.17) is 0 Å². The van der Waals surface area contributed by atoms with Crippen molar-refractivity contribution in [3.8, 4) is 17.0 Å². The van der Waals surface area contributed by atoms with Gasteiger partial charge in [-0.3, -0.25) is 0 Å². The van der Waals surface area contributed by atoms with Crippen molar-refractivity contribution in [1.82, 2.24) is 20.5 Å². The molecule has 0 spiro atoms. The Morgan fingerprint density at radius 1 is 1.32 bits per heavy atom. The molecule has 0 bridgehead atoms. The maximum atomic E-state index is 12.7. The number of benzene rings is 1. The Kier molecular flexibility index (Phi) is 4.76. The number of hydrogen-bond acceptors (Lipinski definition) is 6. The molecule has 1 aromatic carbocycles. The molecule has 1 aromatic heterocycles. The standard InChI is InChI=1S/C16H18F3N5O/c1-9-14(12-5-4-10(7-13(12)25)16(17,18)19)23-24-15(22-9)21-8-11-3-2-6-20-11/h4-5,7,11,20,25H,2-3,6,8H2,1H3,(H,21,22,24)/t11-/m0/s1. The summed E-state index contributed by atoms with van der Waals surface area (Å²) in [6.07, 6.45) is -2.30. The van der Waals surface area contributed by atoms with Gasteiger partial charge in [0, 0.05) is 18.2 Å². The van der Waals surface area contributed by atoms with E-state index in [1.165, 1.54) is 6.07 Å². The average Bonchev–Trinajstić information content (AvgIpc) is 3.06. The van der Waals surface area contributed by atoms with E-state index in [1.54, 1.807) is 6.92 Å². The number of rotatable bonds is 4. The van der Waals surface area contributed by atoms with Crippen LogP contribution in [0.2, 0.25) is 0 Å². The van der Waals surface area contributed by atoms with Gasteiger partial charge in [0.25, 0.3) is 0 Å². The summed E-state index contributed by atoms with van der Waals surface area (Å²) in [7, 11) is 0. The van der Waals surface area contributed by atoms with Crippen LogP contribution in [0.1, 0.15) is 24.1 Å². The molecule has 0 unspecified atom stereocenters. The van der Waals surface area contributed by atoms with Crippen molar-refractivity contribution in [2.45, 2.75) is 32.0 Å². The molecule has 6 nitrogen and oxygen atoms in total. The number of anilines is 1. The molecule has 3 rings (SSSR count). The molecule has 134 valence electrons. The zero-order valence-electron chi connectivity index (χ0n) is 13.6. The number of alkyl halides is 3. The Balaban J connectivity index is 1.78. The Bertz CT molecular complexity index is 760. The van der Waals surface area contributed by atoms with Crippen LogP contribution in [0.5, 0.6) is 5.75 Å². The minimum atomic E-state index is -4.52. The lowest BCUT2D eigenvalue weighted by atomic mass is 10.1. The number of halogens is 3. The van der Waals surface area contributed by atoms with Crippen molar-refractivity contribution in [2.75, 3.05) is 18.4 Å². The SMILES string of the molecule is Cc1nc(NC[C@@H]2CCCN2)nnc1-c1ccc(C(F)(F)F)cc1O. The molecule has 2 heterocycles. The van der Waals surface area contributed by atoms with Gasteiger partial charge in [-0.2, -0.15) is 13.2 Å². The summed E-state index contributed by atoms with van der Waals surface area (Å²) < 4.78 is 38.0. The molecule has 1 fully saturated rings. The number of aryl methyl sites for hydroxylation is 1. The predicted octanol–water partition coefficient (Wildman–Crippen LogP) is 2.74. The summed E-state index contributed by atoms with van der Waals surface area (Å²) in [5.41, 5.74) is -0.0492. The summed E-state index contributed by atoms with van der Waals surface area (Å²) >= 11 is 0. The maximum absolute atomic E-state index is 12.7. The minimum Gasteiger partial charge on any atom is -0.507 e. The Morgan fingerprint density at radius 3 is 2.72 bits per heavy atom. The summed E-state index contributed by atoms with van der Waals surface area (Å²) in [6.45, 7) is 3.34. The molecule has 1 aliphatic rings. The molecule has 1 saturated heterocycles. The van der Waals surface area contributed by atoms with Gasteiger partial charge >= 0.3 is 6.18 Å². The molecule has 3 N–H and O–H groups in total. The highest BCUT2D eigenvalue weighted by atomic mass is 19.4. The van der Waals surface area contributed by atoms with E-state index < -0.39 is 17.5 Å². The Hall–Kier alpha value is -2.42. The largest absolute Gasteiger partial charge is 0.507 e. The lowest BCUT2D eigenvalue weighted by molar-refractivity contribution is -0.137. The van der Waals surface area contributed by atoms with Crippen LogP contribution >= 0.6 is 0 Å². The monoisotopic (exact) mass is 353 g/mol. The fraction of sp³-hybridized carbons (Fsp3) is 0.438. The minimum absolute atomic E-state index is 0.162. The molecular weight excluding hydrogens is 335 g/mol. The molecular formula is C16H18F3N5O. The summed E-state index contributed by atoms with van der Waals surface area (Å²) in [5, 5.41) is 24.3. The van der Waals surface area contributed by atoms with Crippen molar-refractivity contribution in [3.05, 3.63) is 29.5 Å². The molecule has 1 atom stereocenters. The van der Waals surface area contributed by atoms with Gasteiger partial charge in [-0.25, -0.2) is 4.98 Å². The molecule has 0 radical (unpaired) electrons. The second-order valence-electron chi connectivity index (χ2n) is 5.97. The van der Waals surface area contributed by atoms with E-state index in [-0.39, 0.29) is 11.3 Å². The number of hydrogen-bond donors (Lipinski definition) is 3. The second-order valence-corrected chi connectivity index (χ2v) is 5.97. The first-order valence-electron chi connectivity index (χ1n) is 7.94. The van der Waals surface area contributed by atoms with Gasteiger partial charge in [0.15, 0.2) is 0 Å². The van der Waals surface area contributed by atoms with E-state index in [0.29, 0.717) is 30.3 Å². The molecule has 1 aliphatic heterocycles. The fourth-order valence-corrected chi connectivity index (χ4v) is 2.78. The number of aromatic hydroxyl groups is 1. The maximum Gasteiger partial charge on any atom is 0.416 e. The fourth-order valence-electron chi connectivity index (χ4n) is 2.78. The van der Waals surface area contributed by atoms with Crippen LogP contribution in [0.15, 0.2) is 18.2 Å². The van der Waals surface area contributed by atoms with Crippen LogP contribution in [0.3, 0.4) is 0 Å². The number of phenols is 1. The molecule has 0 aliphatic carbocycles. The van der Waals surface area contributed by atoms with Crippen LogP contribution in [-0.4, -0.2) is 39.4 Å². The van der Waals surface area contributed by atoms with E-state index >= 15 is 0 Å².